The average Bonchev–Trinajstić information content (AvgIpc) is 3.74. The summed E-state index contributed by atoms with van der Waals surface area (Å²) in [6, 6.07) is 18.1. The summed E-state index contributed by atoms with van der Waals surface area (Å²) in [5, 5.41) is 12.0. The summed E-state index contributed by atoms with van der Waals surface area (Å²) in [5.41, 5.74) is 2.25. The van der Waals surface area contributed by atoms with Gasteiger partial charge in [0.2, 0.25) is 10.0 Å². The first kappa shape index (κ1) is 28.0. The van der Waals surface area contributed by atoms with Crippen LogP contribution in [0.4, 0.5) is 14.9 Å². The minimum absolute atomic E-state index is 0.155. The Kier molecular flexibility index (Phi) is 7.85. The molecule has 0 aliphatic heterocycles. The van der Waals surface area contributed by atoms with E-state index in [2.05, 4.69) is 11.4 Å². The number of nitrogens with zero attached hydrogens (tertiary/aromatic N) is 2. The van der Waals surface area contributed by atoms with E-state index < -0.39 is 16.1 Å². The predicted molar refractivity (Wildman–Crippen MR) is 152 cm³/mol. The lowest BCUT2D eigenvalue weighted by atomic mass is 10.0. The number of sulfonamides is 1. The molecule has 11 heteroatoms. The number of amides is 1. The second kappa shape index (κ2) is 11.5. The monoisotopic (exact) mass is 577 g/mol. The van der Waals surface area contributed by atoms with Gasteiger partial charge in [-0.05, 0) is 85.3 Å². The molecule has 4 aromatic rings. The fourth-order valence-corrected chi connectivity index (χ4v) is 5.55. The number of carbonyl (C=O) groups excluding carboxylic acids is 1. The van der Waals surface area contributed by atoms with E-state index in [4.69, 9.17) is 19.2 Å². The van der Waals surface area contributed by atoms with Crippen LogP contribution in [0.1, 0.15) is 37.2 Å². The number of hydrogen-bond donors (Lipinski definition) is 1. The maximum absolute atomic E-state index is 13.2. The Balaban J connectivity index is 1.59. The molecule has 0 unspecified atom stereocenters. The highest BCUT2D eigenvalue weighted by atomic mass is 32.2. The molecule has 1 aliphatic carbocycles. The third kappa shape index (κ3) is 6.28. The summed E-state index contributed by atoms with van der Waals surface area (Å²) in [7, 11) is -2.21. The van der Waals surface area contributed by atoms with E-state index in [-0.39, 0.29) is 36.2 Å². The van der Waals surface area contributed by atoms with Gasteiger partial charge in [-0.2, -0.15) is 5.26 Å². The van der Waals surface area contributed by atoms with Gasteiger partial charge in [0.1, 0.15) is 22.9 Å². The maximum atomic E-state index is 13.2. The minimum Gasteiger partial charge on any atom is -0.457 e. The fraction of sp³-hybridized carbons (Fsp3) is 0.267. The third-order valence-electron chi connectivity index (χ3n) is 6.69. The molecule has 1 fully saturated rings. The number of benzene rings is 3. The topological polar surface area (TPSA) is 122 Å². The minimum atomic E-state index is -3.65. The van der Waals surface area contributed by atoms with Gasteiger partial charge in [0, 0.05) is 31.6 Å². The lowest BCUT2D eigenvalue weighted by Crippen LogP contribution is -2.31. The van der Waals surface area contributed by atoms with Gasteiger partial charge in [-0.1, -0.05) is 0 Å². The Morgan fingerprint density at radius 1 is 1.12 bits per heavy atom. The smallest absolute Gasteiger partial charge is 0.412 e. The number of carbonyl (C=O) groups is 1. The SMILES string of the molecule is CNC(=O)Oc1c(-c2ccc(Oc3ccc(F)cc3)cc2)oc2cc(N(CCCC#N)S(C)(=O)=O)c(C3CC3)cc12. The van der Waals surface area contributed by atoms with E-state index in [9.17, 15) is 17.6 Å². The summed E-state index contributed by atoms with van der Waals surface area (Å²) < 4.78 is 57.9. The molecule has 1 heterocycles. The van der Waals surface area contributed by atoms with Crippen LogP contribution in [0, 0.1) is 17.1 Å². The van der Waals surface area contributed by atoms with Gasteiger partial charge in [-0.25, -0.2) is 17.6 Å². The van der Waals surface area contributed by atoms with Crippen LogP contribution in [-0.2, 0) is 10.0 Å². The molecule has 0 atom stereocenters. The second-order valence-corrected chi connectivity index (χ2v) is 11.7. The third-order valence-corrected chi connectivity index (χ3v) is 7.87. The van der Waals surface area contributed by atoms with Gasteiger partial charge in [-0.15, -0.1) is 0 Å². The molecule has 1 amide bonds. The number of unbranched alkanes of at least 4 members (excludes halogenated alkanes) is 1. The number of nitriles is 1. The Morgan fingerprint density at radius 2 is 1.78 bits per heavy atom. The standard InChI is InChI=1S/C30H28FN3O6S/c1-33-30(35)40-29-25-17-24(19-5-6-19)26(34(41(2,36)37)16-4-3-15-32)18-27(25)39-28(29)20-7-11-22(12-8-20)38-23-13-9-21(31)10-14-23/h7-14,17-19H,3-6,16H2,1-2H3,(H,33,35). The largest absolute Gasteiger partial charge is 0.457 e. The molecule has 0 saturated heterocycles. The first-order chi connectivity index (χ1) is 19.7. The van der Waals surface area contributed by atoms with Gasteiger partial charge in [-0.3, -0.25) is 4.31 Å². The first-order valence-electron chi connectivity index (χ1n) is 13.1. The van der Waals surface area contributed by atoms with Crippen molar-refractivity contribution in [3.8, 4) is 34.6 Å². The van der Waals surface area contributed by atoms with Crippen molar-refractivity contribution in [2.24, 2.45) is 0 Å². The second-order valence-electron chi connectivity index (χ2n) is 9.76. The Hall–Kier alpha value is -4.56. The zero-order chi connectivity index (χ0) is 29.1. The van der Waals surface area contributed by atoms with Crippen molar-refractivity contribution in [3.05, 3.63) is 72.0 Å². The zero-order valence-corrected chi connectivity index (χ0v) is 23.3. The molecule has 1 aliphatic rings. The molecule has 1 N–H and O–H groups in total. The fourth-order valence-electron chi connectivity index (χ4n) is 4.58. The van der Waals surface area contributed by atoms with Gasteiger partial charge >= 0.3 is 6.09 Å². The van der Waals surface area contributed by atoms with Crippen molar-refractivity contribution in [2.45, 2.75) is 31.6 Å². The number of anilines is 1. The summed E-state index contributed by atoms with van der Waals surface area (Å²) in [5.74, 6) is 1.25. The molecule has 212 valence electrons. The van der Waals surface area contributed by atoms with E-state index in [0.29, 0.717) is 40.1 Å². The summed E-state index contributed by atoms with van der Waals surface area (Å²) in [6.07, 6.45) is 2.87. The van der Waals surface area contributed by atoms with Crippen molar-refractivity contribution in [2.75, 3.05) is 24.2 Å². The van der Waals surface area contributed by atoms with Crippen LogP contribution in [-0.4, -0.2) is 34.4 Å². The predicted octanol–water partition coefficient (Wildman–Crippen LogP) is 6.70. The van der Waals surface area contributed by atoms with Crippen molar-refractivity contribution in [3.63, 3.8) is 0 Å². The number of ether oxygens (including phenoxy) is 2. The van der Waals surface area contributed by atoms with Gasteiger partial charge in [0.05, 0.1) is 23.4 Å². The van der Waals surface area contributed by atoms with Crippen LogP contribution < -0.4 is 19.1 Å². The van der Waals surface area contributed by atoms with Crippen molar-refractivity contribution >= 4 is 32.8 Å². The van der Waals surface area contributed by atoms with Crippen molar-refractivity contribution in [1.82, 2.24) is 5.32 Å². The summed E-state index contributed by atoms with van der Waals surface area (Å²) in [6.45, 7) is 0.155. The van der Waals surface area contributed by atoms with Crippen molar-refractivity contribution in [1.29, 1.82) is 5.26 Å². The van der Waals surface area contributed by atoms with Crippen LogP contribution in [0.3, 0.4) is 0 Å². The van der Waals surface area contributed by atoms with Crippen LogP contribution in [0.25, 0.3) is 22.3 Å². The number of furan rings is 1. The lowest BCUT2D eigenvalue weighted by Gasteiger charge is -2.25. The molecular weight excluding hydrogens is 549 g/mol. The highest BCUT2D eigenvalue weighted by Gasteiger charge is 2.33. The quantitative estimate of drug-likeness (QED) is 0.208. The summed E-state index contributed by atoms with van der Waals surface area (Å²) in [4.78, 5) is 12.3. The Bertz CT molecular complexity index is 1720. The number of hydrogen-bond acceptors (Lipinski definition) is 7. The Morgan fingerprint density at radius 3 is 2.37 bits per heavy atom. The number of rotatable bonds is 10. The zero-order valence-electron chi connectivity index (χ0n) is 22.5. The molecule has 5 rings (SSSR count). The Labute approximate surface area is 237 Å². The van der Waals surface area contributed by atoms with E-state index in [1.165, 1.54) is 35.6 Å². The number of halogens is 1. The summed E-state index contributed by atoms with van der Waals surface area (Å²) >= 11 is 0. The van der Waals surface area contributed by atoms with Crippen LogP contribution in [0.15, 0.2) is 65.1 Å². The lowest BCUT2D eigenvalue weighted by molar-refractivity contribution is 0.203. The van der Waals surface area contributed by atoms with Crippen LogP contribution in [0.2, 0.25) is 0 Å². The number of fused-ring (bicyclic) bond motifs is 1. The highest BCUT2D eigenvalue weighted by molar-refractivity contribution is 7.92. The first-order valence-corrected chi connectivity index (χ1v) is 14.9. The molecule has 0 radical (unpaired) electrons. The highest BCUT2D eigenvalue weighted by Crippen LogP contribution is 2.49. The van der Waals surface area contributed by atoms with Gasteiger partial charge < -0.3 is 19.2 Å². The van der Waals surface area contributed by atoms with Crippen molar-refractivity contribution < 1.29 is 31.5 Å². The van der Waals surface area contributed by atoms with Gasteiger partial charge in [0.15, 0.2) is 11.5 Å². The number of nitrogens with one attached hydrogen (secondary N) is 1. The normalized spacial score (nSPS) is 13.0. The molecular formula is C30H28FN3O6S. The average molecular weight is 578 g/mol. The van der Waals surface area contributed by atoms with Crippen LogP contribution >= 0.6 is 0 Å². The molecule has 9 nitrogen and oxygen atoms in total. The molecule has 1 saturated carbocycles. The van der Waals surface area contributed by atoms with E-state index >= 15 is 0 Å². The van der Waals surface area contributed by atoms with Crippen LogP contribution in [0.5, 0.6) is 17.2 Å². The van der Waals surface area contributed by atoms with Gasteiger partial charge in [0.25, 0.3) is 0 Å². The van der Waals surface area contributed by atoms with E-state index in [0.717, 1.165) is 24.7 Å². The molecule has 41 heavy (non-hydrogen) atoms. The molecule has 1 aromatic heterocycles. The maximum Gasteiger partial charge on any atom is 0.412 e. The van der Waals surface area contributed by atoms with E-state index in [1.807, 2.05) is 6.07 Å². The molecule has 0 spiro atoms. The molecule has 3 aromatic carbocycles. The molecule has 0 bridgehead atoms. The van der Waals surface area contributed by atoms with E-state index in [1.54, 1.807) is 30.3 Å².